The minimum atomic E-state index is -3.68. The van der Waals surface area contributed by atoms with Crippen LogP contribution in [0.1, 0.15) is 6.92 Å². The lowest BCUT2D eigenvalue weighted by atomic mass is 10.8. The molecule has 0 fully saturated rings. The summed E-state index contributed by atoms with van der Waals surface area (Å²) >= 11 is 0. The highest BCUT2D eigenvalue weighted by molar-refractivity contribution is 4.33. The molecule has 0 aromatic carbocycles. The largest absolute Gasteiger partial charge is 0.755 e. The van der Waals surface area contributed by atoms with Gasteiger partial charge in [0.05, 0.1) is 6.61 Å². The van der Waals surface area contributed by atoms with Crippen LogP contribution >= 0.6 is 0 Å². The van der Waals surface area contributed by atoms with Gasteiger partial charge in [-0.25, -0.2) is 4.74 Å². The van der Waals surface area contributed by atoms with Gasteiger partial charge < -0.3 is 0 Å². The maximum absolute atomic E-state index is 10.2. The normalized spacial score (nSPS) is 10.6. The molecule has 80 valence electrons. The first-order chi connectivity index (χ1) is 6.36. The van der Waals surface area contributed by atoms with Crippen molar-refractivity contribution in [1.29, 1.82) is 0 Å². The van der Waals surface area contributed by atoms with Crippen LogP contribution in [-0.2, 0) is 9.57 Å². The van der Waals surface area contributed by atoms with Crippen molar-refractivity contribution in [2.24, 2.45) is 0 Å². The average molecular weight is 211 g/mol. The number of hydrogen-bond acceptors (Lipinski definition) is 8. The number of ether oxygens (including phenoxy) is 1. The standard InChI is InChI=1S/C3H5N3O8/c1-2-13-3(4(7)8,5(9)10)14-6(11)12/h2H2,1H3. The summed E-state index contributed by atoms with van der Waals surface area (Å²) in [5.41, 5.74) is 0. The van der Waals surface area contributed by atoms with Crippen molar-refractivity contribution >= 4 is 0 Å². The van der Waals surface area contributed by atoms with Gasteiger partial charge in [-0.15, -0.1) is 15.0 Å². The van der Waals surface area contributed by atoms with E-state index in [1.807, 2.05) is 0 Å². The number of nitro groups is 2. The van der Waals surface area contributed by atoms with E-state index < -0.39 is 27.6 Å². The van der Waals surface area contributed by atoms with Crippen molar-refractivity contribution in [3.63, 3.8) is 0 Å². The Bertz CT molecular complexity index is 249. The van der Waals surface area contributed by atoms with E-state index in [4.69, 9.17) is 0 Å². The summed E-state index contributed by atoms with van der Waals surface area (Å²) in [6, 6.07) is -3.68. The highest BCUT2D eigenvalue weighted by Gasteiger charge is 2.65. The van der Waals surface area contributed by atoms with Crippen LogP contribution in [0.25, 0.3) is 0 Å². The van der Waals surface area contributed by atoms with Crippen molar-refractivity contribution < 1.29 is 24.5 Å². The fourth-order valence-corrected chi connectivity index (χ4v) is 0.550. The Balaban J connectivity index is 5.04. The van der Waals surface area contributed by atoms with Crippen LogP contribution in [-0.4, -0.2) is 27.6 Å². The molecule has 0 spiro atoms. The molecule has 14 heavy (non-hydrogen) atoms. The molecule has 0 amide bonds. The fraction of sp³-hybridized carbons (Fsp3) is 1.00. The summed E-state index contributed by atoms with van der Waals surface area (Å²) in [5, 5.41) is 28.5. The van der Waals surface area contributed by atoms with Gasteiger partial charge in [0, 0.05) is 0 Å². The zero-order valence-electron chi connectivity index (χ0n) is 6.81. The van der Waals surface area contributed by atoms with Gasteiger partial charge in [-0.1, -0.05) is 0 Å². The second-order valence-corrected chi connectivity index (χ2v) is 1.81. The first-order valence-corrected chi connectivity index (χ1v) is 3.13. The van der Waals surface area contributed by atoms with Crippen molar-refractivity contribution in [2.45, 2.75) is 13.0 Å². The Hall–Kier alpha value is -2.04. The fourth-order valence-electron chi connectivity index (χ4n) is 0.550. The summed E-state index contributed by atoms with van der Waals surface area (Å²) in [4.78, 5) is 30.2. The summed E-state index contributed by atoms with van der Waals surface area (Å²) in [5.74, 6) is 0. The molecule has 0 aromatic rings. The molecule has 11 heteroatoms. The molecule has 0 saturated heterocycles. The number of hydrogen-bond donors (Lipinski definition) is 0. The van der Waals surface area contributed by atoms with Crippen molar-refractivity contribution in [1.82, 2.24) is 0 Å². The second-order valence-electron chi connectivity index (χ2n) is 1.81. The summed E-state index contributed by atoms with van der Waals surface area (Å²) < 4.78 is 4.00. The molecule has 0 unspecified atom stereocenters. The molecular weight excluding hydrogens is 206 g/mol. The van der Waals surface area contributed by atoms with E-state index in [9.17, 15) is 30.3 Å². The van der Waals surface area contributed by atoms with E-state index in [-0.39, 0.29) is 0 Å². The van der Waals surface area contributed by atoms with Gasteiger partial charge in [-0.2, -0.15) is 0 Å². The van der Waals surface area contributed by atoms with E-state index >= 15 is 0 Å². The summed E-state index contributed by atoms with van der Waals surface area (Å²) in [7, 11) is 0. The van der Waals surface area contributed by atoms with Gasteiger partial charge in [0.2, 0.25) is 0 Å². The Morgan fingerprint density at radius 1 is 1.14 bits per heavy atom. The second kappa shape index (κ2) is 4.27. The summed E-state index contributed by atoms with van der Waals surface area (Å²) in [6.45, 7) is 0.695. The van der Waals surface area contributed by atoms with Crippen LogP contribution in [0.5, 0.6) is 0 Å². The van der Waals surface area contributed by atoms with Gasteiger partial charge in [0.1, 0.15) is 0 Å². The lowest BCUT2D eigenvalue weighted by Crippen LogP contribution is -2.52. The Morgan fingerprint density at radius 3 is 1.79 bits per heavy atom. The van der Waals surface area contributed by atoms with Crippen LogP contribution in [0.4, 0.5) is 0 Å². The quantitative estimate of drug-likeness (QED) is 0.321. The zero-order chi connectivity index (χ0) is 11.4. The molecule has 0 atom stereocenters. The minimum Gasteiger partial charge on any atom is -0.254 e. The zero-order valence-corrected chi connectivity index (χ0v) is 6.81. The smallest absolute Gasteiger partial charge is 0.254 e. The molecule has 0 heterocycles. The van der Waals surface area contributed by atoms with E-state index in [0.29, 0.717) is 0 Å². The average Bonchev–Trinajstić information content (AvgIpc) is 2.01. The lowest BCUT2D eigenvalue weighted by molar-refractivity contribution is -1.00. The van der Waals surface area contributed by atoms with E-state index in [0.717, 1.165) is 0 Å². The van der Waals surface area contributed by atoms with Crippen LogP contribution in [0, 0.1) is 30.3 Å². The van der Waals surface area contributed by atoms with Crippen LogP contribution < -0.4 is 0 Å². The first-order valence-electron chi connectivity index (χ1n) is 3.13. The summed E-state index contributed by atoms with van der Waals surface area (Å²) in [6.07, 6.45) is 0. The lowest BCUT2D eigenvalue weighted by Gasteiger charge is -2.11. The molecular formula is C3H5N3O8. The van der Waals surface area contributed by atoms with Crippen molar-refractivity contribution in [3.8, 4) is 0 Å². The molecule has 0 bridgehead atoms. The SMILES string of the molecule is CCOC(O[N+](=O)[O-])([N+](=O)[O-])[N+](=O)[O-]. The van der Waals surface area contributed by atoms with E-state index in [1.54, 1.807) is 0 Å². The third kappa shape index (κ3) is 2.22. The third-order valence-electron chi connectivity index (χ3n) is 0.987. The highest BCUT2D eigenvalue weighted by Crippen LogP contribution is 2.15. The van der Waals surface area contributed by atoms with E-state index in [2.05, 4.69) is 9.57 Å². The molecule has 0 aliphatic heterocycles. The molecule has 0 N–H and O–H groups in total. The highest BCUT2D eigenvalue weighted by atomic mass is 17.0. The van der Waals surface area contributed by atoms with Crippen molar-refractivity contribution in [2.75, 3.05) is 6.61 Å². The van der Waals surface area contributed by atoms with Crippen LogP contribution in [0.3, 0.4) is 0 Å². The van der Waals surface area contributed by atoms with Crippen molar-refractivity contribution in [3.05, 3.63) is 30.3 Å². The Kier molecular flexibility index (Phi) is 3.65. The Morgan fingerprint density at radius 2 is 1.57 bits per heavy atom. The monoisotopic (exact) mass is 211 g/mol. The van der Waals surface area contributed by atoms with Crippen LogP contribution in [0.15, 0.2) is 0 Å². The predicted octanol–water partition coefficient (Wildman–Crippen LogP) is -0.604. The molecule has 0 radical (unpaired) electrons. The predicted molar refractivity (Wildman–Crippen MR) is 36.4 cm³/mol. The van der Waals surface area contributed by atoms with Gasteiger partial charge in [0.15, 0.2) is 9.85 Å². The molecule has 0 aliphatic carbocycles. The molecule has 11 nitrogen and oxygen atoms in total. The maximum atomic E-state index is 10.2. The molecule has 0 rings (SSSR count). The van der Waals surface area contributed by atoms with Gasteiger partial charge in [-0.3, -0.25) is 20.2 Å². The van der Waals surface area contributed by atoms with Crippen LogP contribution in [0.2, 0.25) is 0 Å². The number of rotatable bonds is 6. The Labute approximate surface area is 75.6 Å². The maximum Gasteiger partial charge on any atom is 0.755 e. The van der Waals surface area contributed by atoms with Gasteiger partial charge >= 0.3 is 11.1 Å². The van der Waals surface area contributed by atoms with E-state index in [1.165, 1.54) is 6.92 Å². The topological polar surface area (TPSA) is 148 Å². The molecule has 0 saturated carbocycles. The van der Waals surface area contributed by atoms with Gasteiger partial charge in [-0.05, 0) is 6.92 Å². The van der Waals surface area contributed by atoms with Gasteiger partial charge in [0.25, 0.3) is 0 Å². The number of nitrogens with zero attached hydrogens (tertiary/aromatic N) is 3. The molecule has 0 aromatic heterocycles. The first kappa shape index (κ1) is 12.0. The third-order valence-corrected chi connectivity index (χ3v) is 0.987. The minimum absolute atomic E-state index is 0.490. The molecule has 0 aliphatic rings.